The Labute approximate surface area is 121 Å². The number of aliphatic hydroxyl groups excluding tert-OH is 1. The fourth-order valence-corrected chi connectivity index (χ4v) is 2.51. The lowest BCUT2D eigenvalue weighted by atomic mass is 10.1. The predicted molar refractivity (Wildman–Crippen MR) is 76.8 cm³/mol. The van der Waals surface area contributed by atoms with E-state index in [0.717, 1.165) is 24.4 Å². The summed E-state index contributed by atoms with van der Waals surface area (Å²) in [6.07, 6.45) is -3.10. The molecule has 0 aromatic heterocycles. The molecule has 0 radical (unpaired) electrons. The Morgan fingerprint density at radius 2 is 1.80 bits per heavy atom. The van der Waals surface area contributed by atoms with Gasteiger partial charge in [0.25, 0.3) is 0 Å². The van der Waals surface area contributed by atoms with Crippen molar-refractivity contribution in [3.8, 4) is 0 Å². The molecule has 1 aromatic carbocycles. The molecule has 2 nitrogen and oxygen atoms in total. The zero-order valence-corrected chi connectivity index (χ0v) is 12.4. The van der Waals surface area contributed by atoms with Gasteiger partial charge in [0.15, 0.2) is 0 Å². The molecule has 0 aliphatic rings. The van der Waals surface area contributed by atoms with E-state index in [0.29, 0.717) is 18.0 Å². The summed E-state index contributed by atoms with van der Waals surface area (Å²) in [6.45, 7) is 3.22. The lowest BCUT2D eigenvalue weighted by Gasteiger charge is -2.16. The highest BCUT2D eigenvalue weighted by Gasteiger charge is 2.30. The molecule has 0 aliphatic heterocycles. The SMILES string of the molecule is CSCC(C)CNCC(O)c1ccc(C(F)(F)F)cc1. The summed E-state index contributed by atoms with van der Waals surface area (Å²) in [5.41, 5.74) is -0.210. The number of benzene rings is 1. The van der Waals surface area contributed by atoms with E-state index in [-0.39, 0.29) is 0 Å². The van der Waals surface area contributed by atoms with Crippen molar-refractivity contribution in [3.63, 3.8) is 0 Å². The van der Waals surface area contributed by atoms with Gasteiger partial charge in [-0.3, -0.25) is 0 Å². The van der Waals surface area contributed by atoms with E-state index >= 15 is 0 Å². The number of thioether (sulfide) groups is 1. The summed E-state index contributed by atoms with van der Waals surface area (Å²) < 4.78 is 37.2. The first-order valence-electron chi connectivity index (χ1n) is 6.39. The second kappa shape index (κ2) is 7.90. The van der Waals surface area contributed by atoms with Gasteiger partial charge in [0, 0.05) is 6.54 Å². The van der Waals surface area contributed by atoms with Crippen LogP contribution >= 0.6 is 11.8 Å². The molecule has 114 valence electrons. The Morgan fingerprint density at radius 3 is 2.30 bits per heavy atom. The van der Waals surface area contributed by atoms with Crippen LogP contribution in [0.4, 0.5) is 13.2 Å². The minimum absolute atomic E-state index is 0.337. The molecule has 2 unspecified atom stereocenters. The monoisotopic (exact) mass is 307 g/mol. The highest BCUT2D eigenvalue weighted by atomic mass is 32.2. The summed E-state index contributed by atoms with van der Waals surface area (Å²) in [5.74, 6) is 1.52. The second-order valence-corrected chi connectivity index (χ2v) is 5.77. The maximum Gasteiger partial charge on any atom is 0.416 e. The molecular weight excluding hydrogens is 287 g/mol. The molecular formula is C14H20F3NOS. The van der Waals surface area contributed by atoms with E-state index in [9.17, 15) is 18.3 Å². The van der Waals surface area contributed by atoms with Crippen molar-refractivity contribution in [1.29, 1.82) is 0 Å². The van der Waals surface area contributed by atoms with Crippen LogP contribution in [0.1, 0.15) is 24.2 Å². The van der Waals surface area contributed by atoms with E-state index in [1.54, 1.807) is 11.8 Å². The van der Waals surface area contributed by atoms with Gasteiger partial charge in [-0.2, -0.15) is 24.9 Å². The number of nitrogens with one attached hydrogen (secondary N) is 1. The summed E-state index contributed by atoms with van der Waals surface area (Å²) in [6, 6.07) is 4.63. The average Bonchev–Trinajstić information content (AvgIpc) is 2.38. The summed E-state index contributed by atoms with van der Waals surface area (Å²) in [7, 11) is 0. The van der Waals surface area contributed by atoms with Crippen molar-refractivity contribution in [2.45, 2.75) is 19.2 Å². The lowest BCUT2D eigenvalue weighted by Crippen LogP contribution is -2.27. The van der Waals surface area contributed by atoms with Gasteiger partial charge >= 0.3 is 6.18 Å². The van der Waals surface area contributed by atoms with Gasteiger partial charge in [0.05, 0.1) is 11.7 Å². The van der Waals surface area contributed by atoms with Crippen LogP contribution in [-0.2, 0) is 6.18 Å². The standard InChI is InChI=1S/C14H20F3NOS/c1-10(9-20-2)7-18-8-13(19)11-3-5-12(6-4-11)14(15,16)17/h3-6,10,13,18-19H,7-9H2,1-2H3. The number of halogens is 3. The average molecular weight is 307 g/mol. The third-order valence-electron chi connectivity index (χ3n) is 2.90. The molecule has 6 heteroatoms. The molecule has 0 saturated carbocycles. The van der Waals surface area contributed by atoms with Gasteiger partial charge in [-0.25, -0.2) is 0 Å². The third kappa shape index (κ3) is 5.73. The predicted octanol–water partition coefficient (Wildman–Crippen LogP) is 3.33. The van der Waals surface area contributed by atoms with Gasteiger partial charge < -0.3 is 10.4 Å². The van der Waals surface area contributed by atoms with Crippen LogP contribution in [0.5, 0.6) is 0 Å². The van der Waals surface area contributed by atoms with Crippen LogP contribution < -0.4 is 5.32 Å². The molecule has 0 amide bonds. The molecule has 0 heterocycles. The fourth-order valence-electron chi connectivity index (χ4n) is 1.82. The van der Waals surface area contributed by atoms with E-state index < -0.39 is 17.8 Å². The van der Waals surface area contributed by atoms with Crippen molar-refractivity contribution < 1.29 is 18.3 Å². The van der Waals surface area contributed by atoms with E-state index in [2.05, 4.69) is 12.2 Å². The van der Waals surface area contributed by atoms with Crippen LogP contribution in [0.2, 0.25) is 0 Å². The van der Waals surface area contributed by atoms with Gasteiger partial charge in [0.2, 0.25) is 0 Å². The van der Waals surface area contributed by atoms with Crippen LogP contribution in [0.15, 0.2) is 24.3 Å². The van der Waals surface area contributed by atoms with Crippen molar-refractivity contribution in [2.75, 3.05) is 25.1 Å². The molecule has 0 aliphatic carbocycles. The summed E-state index contributed by atoms with van der Waals surface area (Å²) >= 11 is 1.76. The molecule has 0 fully saturated rings. The molecule has 2 N–H and O–H groups in total. The van der Waals surface area contributed by atoms with E-state index in [1.165, 1.54) is 12.1 Å². The molecule has 1 rings (SSSR count). The molecule has 0 saturated heterocycles. The number of aliphatic hydroxyl groups is 1. The second-order valence-electron chi connectivity index (χ2n) is 4.85. The van der Waals surface area contributed by atoms with Crippen LogP contribution in [0.3, 0.4) is 0 Å². The first-order chi connectivity index (χ1) is 9.34. The van der Waals surface area contributed by atoms with E-state index in [4.69, 9.17) is 0 Å². The highest BCUT2D eigenvalue weighted by molar-refractivity contribution is 7.98. The highest BCUT2D eigenvalue weighted by Crippen LogP contribution is 2.29. The minimum Gasteiger partial charge on any atom is -0.387 e. The van der Waals surface area contributed by atoms with Gasteiger partial charge in [-0.05, 0) is 42.2 Å². The van der Waals surface area contributed by atoms with Crippen molar-refractivity contribution >= 4 is 11.8 Å². The number of hydrogen-bond donors (Lipinski definition) is 2. The Morgan fingerprint density at radius 1 is 1.20 bits per heavy atom. The molecule has 2 atom stereocenters. The number of hydrogen-bond acceptors (Lipinski definition) is 3. The van der Waals surface area contributed by atoms with Gasteiger partial charge in [0.1, 0.15) is 0 Å². The Bertz CT molecular complexity index is 394. The third-order valence-corrected chi connectivity index (χ3v) is 3.81. The topological polar surface area (TPSA) is 32.3 Å². The van der Waals surface area contributed by atoms with E-state index in [1.807, 2.05) is 6.26 Å². The maximum atomic E-state index is 12.4. The van der Waals surface area contributed by atoms with Crippen LogP contribution in [0.25, 0.3) is 0 Å². The quantitative estimate of drug-likeness (QED) is 0.810. The van der Waals surface area contributed by atoms with Crippen molar-refractivity contribution in [3.05, 3.63) is 35.4 Å². The molecule has 1 aromatic rings. The molecule has 20 heavy (non-hydrogen) atoms. The number of alkyl halides is 3. The Kier molecular flexibility index (Phi) is 6.85. The molecule has 0 spiro atoms. The van der Waals surface area contributed by atoms with Crippen molar-refractivity contribution in [1.82, 2.24) is 5.32 Å². The normalized spacial score (nSPS) is 15.1. The smallest absolute Gasteiger partial charge is 0.387 e. The maximum absolute atomic E-state index is 12.4. The summed E-state index contributed by atoms with van der Waals surface area (Å²) in [5, 5.41) is 13.0. The van der Waals surface area contributed by atoms with Crippen molar-refractivity contribution in [2.24, 2.45) is 5.92 Å². The van der Waals surface area contributed by atoms with Gasteiger partial charge in [-0.15, -0.1) is 0 Å². The van der Waals surface area contributed by atoms with Gasteiger partial charge in [-0.1, -0.05) is 19.1 Å². The Balaban J connectivity index is 2.46. The number of rotatable bonds is 7. The molecule has 0 bridgehead atoms. The lowest BCUT2D eigenvalue weighted by molar-refractivity contribution is -0.137. The first-order valence-corrected chi connectivity index (χ1v) is 7.79. The van der Waals surface area contributed by atoms with Crippen LogP contribution in [0, 0.1) is 5.92 Å². The fraction of sp³-hybridized carbons (Fsp3) is 0.571. The zero-order valence-electron chi connectivity index (χ0n) is 11.6. The Hall–Kier alpha value is -0.720. The minimum atomic E-state index is -4.34. The van der Waals surface area contributed by atoms with Crippen LogP contribution in [-0.4, -0.2) is 30.2 Å². The zero-order chi connectivity index (χ0) is 15.2. The largest absolute Gasteiger partial charge is 0.416 e. The summed E-state index contributed by atoms with van der Waals surface area (Å²) in [4.78, 5) is 0. The first kappa shape index (κ1) is 17.3.